The van der Waals surface area contributed by atoms with E-state index in [0.717, 1.165) is 41.7 Å². The van der Waals surface area contributed by atoms with Crippen molar-refractivity contribution in [1.82, 2.24) is 19.7 Å². The molecule has 1 atom stereocenters. The topological polar surface area (TPSA) is 107 Å². The summed E-state index contributed by atoms with van der Waals surface area (Å²) in [5, 5.41) is 3.99. The number of aromatic nitrogens is 3. The molecule has 0 bridgehead atoms. The first-order valence-corrected chi connectivity index (χ1v) is 12.5. The van der Waals surface area contributed by atoms with Gasteiger partial charge in [-0.3, -0.25) is 9.59 Å². The molecule has 0 fully saturated rings. The van der Waals surface area contributed by atoms with Crippen molar-refractivity contribution in [3.8, 4) is 17.2 Å². The van der Waals surface area contributed by atoms with Crippen LogP contribution < -0.4 is 10.1 Å². The summed E-state index contributed by atoms with van der Waals surface area (Å²) in [7, 11) is 1.57. The van der Waals surface area contributed by atoms with Crippen LogP contribution in [0.5, 0.6) is 5.88 Å². The largest absolute Gasteiger partial charge is 0.480 e. The number of hydrogen-bond acceptors (Lipinski definition) is 8. The molecule has 0 aliphatic carbocycles. The summed E-state index contributed by atoms with van der Waals surface area (Å²) in [6, 6.07) is 11.0. The molecule has 0 radical (unpaired) electrons. The zero-order valence-corrected chi connectivity index (χ0v) is 20.6. The number of nitrogens with zero attached hydrogens (tertiary/aromatic N) is 3. The highest BCUT2D eigenvalue weighted by molar-refractivity contribution is 7.08. The second-order valence-electron chi connectivity index (χ2n) is 8.19. The molecule has 3 heterocycles. The number of ketones is 1. The summed E-state index contributed by atoms with van der Waals surface area (Å²) in [6.45, 7) is 1.88. The number of hydrogen-bond donors (Lipinski definition) is 1. The Kier molecular flexibility index (Phi) is 8.20. The Morgan fingerprint density at radius 3 is 2.80 bits per heavy atom. The summed E-state index contributed by atoms with van der Waals surface area (Å²) in [6.07, 6.45) is 7.57. The molecule has 1 amide bonds. The van der Waals surface area contributed by atoms with Gasteiger partial charge in [0.2, 0.25) is 11.8 Å². The third kappa shape index (κ3) is 6.10. The first kappa shape index (κ1) is 24.5. The molecule has 182 valence electrons. The summed E-state index contributed by atoms with van der Waals surface area (Å²) < 4.78 is 15.7. The van der Waals surface area contributed by atoms with Crippen molar-refractivity contribution in [3.05, 3.63) is 59.6 Å². The van der Waals surface area contributed by atoms with Gasteiger partial charge in [-0.1, -0.05) is 38.0 Å². The lowest BCUT2D eigenvalue weighted by Crippen LogP contribution is -2.28. The quantitative estimate of drug-likeness (QED) is 0.251. The monoisotopic (exact) mass is 492 g/mol. The van der Waals surface area contributed by atoms with Gasteiger partial charge in [0.05, 0.1) is 24.4 Å². The summed E-state index contributed by atoms with van der Waals surface area (Å²) in [4.78, 5) is 33.9. The van der Waals surface area contributed by atoms with Crippen molar-refractivity contribution in [2.24, 2.45) is 0 Å². The highest BCUT2D eigenvalue weighted by atomic mass is 32.1. The number of pyridine rings is 1. The number of unbranched alkanes of at least 4 members (excludes halogenated alkanes) is 2. The predicted octanol–water partition coefficient (Wildman–Crippen LogP) is 5.76. The van der Waals surface area contributed by atoms with Crippen LogP contribution in [0.1, 0.15) is 67.1 Å². The number of methoxy groups -OCH3 is 1. The minimum absolute atomic E-state index is 0.219. The Hall–Kier alpha value is -3.59. The van der Waals surface area contributed by atoms with E-state index in [1.54, 1.807) is 25.6 Å². The number of para-hydroxylation sites is 1. The Morgan fingerprint density at radius 2 is 2.03 bits per heavy atom. The second-order valence-corrected chi connectivity index (χ2v) is 9.03. The van der Waals surface area contributed by atoms with Gasteiger partial charge in [-0.05, 0) is 42.6 Å². The Labute approximate surface area is 207 Å². The summed E-state index contributed by atoms with van der Waals surface area (Å²) in [5.74, 6) is 1.43. The van der Waals surface area contributed by atoms with Crippen molar-refractivity contribution in [2.75, 3.05) is 7.11 Å². The number of fused-ring (bicyclic) bond motifs is 1. The highest BCUT2D eigenvalue weighted by Crippen LogP contribution is 2.33. The lowest BCUT2D eigenvalue weighted by atomic mass is 10.0. The molecule has 0 aliphatic rings. The Bertz CT molecular complexity index is 1290. The maximum absolute atomic E-state index is 12.7. The first-order valence-electron chi connectivity index (χ1n) is 11.7. The zero-order chi connectivity index (χ0) is 24.6. The Morgan fingerprint density at radius 1 is 1.17 bits per heavy atom. The fourth-order valence-corrected chi connectivity index (χ4v) is 4.35. The molecule has 4 rings (SSSR count). The maximum Gasteiger partial charge on any atom is 0.263 e. The minimum Gasteiger partial charge on any atom is -0.480 e. The van der Waals surface area contributed by atoms with Gasteiger partial charge in [0, 0.05) is 24.4 Å². The summed E-state index contributed by atoms with van der Waals surface area (Å²) >= 11 is 1.14. The van der Waals surface area contributed by atoms with Crippen LogP contribution in [0.15, 0.2) is 53.2 Å². The van der Waals surface area contributed by atoms with E-state index in [9.17, 15) is 9.59 Å². The zero-order valence-electron chi connectivity index (χ0n) is 19.8. The molecule has 0 aliphatic heterocycles. The molecule has 1 N–H and O–H groups in total. The van der Waals surface area contributed by atoms with Crippen LogP contribution >= 0.6 is 11.5 Å². The number of carbonyl (C=O) groups is 2. The first-order chi connectivity index (χ1) is 17.1. The van der Waals surface area contributed by atoms with E-state index in [2.05, 4.69) is 19.7 Å². The molecule has 0 spiro atoms. The van der Waals surface area contributed by atoms with Crippen molar-refractivity contribution in [1.29, 1.82) is 0 Å². The molecule has 1 aromatic carbocycles. The number of amides is 1. The fraction of sp³-hybridized carbons (Fsp3) is 0.346. The molecule has 3 aromatic heterocycles. The summed E-state index contributed by atoms with van der Waals surface area (Å²) in [5.41, 5.74) is 1.51. The number of oxazole rings is 1. The molecule has 35 heavy (non-hydrogen) atoms. The molecule has 0 saturated carbocycles. The van der Waals surface area contributed by atoms with E-state index in [4.69, 9.17) is 9.15 Å². The number of benzene rings is 1. The normalized spacial score (nSPS) is 11.9. The van der Waals surface area contributed by atoms with Gasteiger partial charge in [-0.2, -0.15) is 0 Å². The van der Waals surface area contributed by atoms with Crippen LogP contribution in [0.2, 0.25) is 0 Å². The SMILES string of the molecule is CCC(=O)CCCCC[C@H](NC(=O)c1ccns1)c1ncc(-c2cc3ccccc3nc2OC)o1. The van der Waals surface area contributed by atoms with Crippen molar-refractivity contribution >= 4 is 34.1 Å². The van der Waals surface area contributed by atoms with Gasteiger partial charge in [-0.25, -0.2) is 14.3 Å². The van der Waals surface area contributed by atoms with Crippen molar-refractivity contribution in [2.45, 2.75) is 51.5 Å². The standard InChI is InChI=1S/C26H28N4O4S/c1-3-18(31)10-5-4-6-12-21(29-24(32)23-13-14-28-35-23)26-27-16-22(34-26)19-15-17-9-7-8-11-20(17)30-25(19)33-2/h7-9,11,13-16,21H,3-6,10,12H2,1-2H3,(H,29,32)/t21-/m0/s1. The van der Waals surface area contributed by atoms with Crippen LogP contribution in [0.4, 0.5) is 0 Å². The molecule has 4 aromatic rings. The van der Waals surface area contributed by atoms with E-state index in [1.165, 1.54) is 0 Å². The number of ether oxygens (including phenoxy) is 1. The average molecular weight is 493 g/mol. The Balaban J connectivity index is 1.54. The smallest absolute Gasteiger partial charge is 0.263 e. The third-order valence-corrected chi connectivity index (χ3v) is 6.52. The number of Topliss-reactive ketones (excluding diaryl/α,β-unsaturated/α-hetero) is 1. The van der Waals surface area contributed by atoms with Crippen LogP contribution in [0.3, 0.4) is 0 Å². The van der Waals surface area contributed by atoms with Gasteiger partial charge in [0.15, 0.2) is 5.76 Å². The van der Waals surface area contributed by atoms with E-state index >= 15 is 0 Å². The van der Waals surface area contributed by atoms with E-state index in [-0.39, 0.29) is 11.7 Å². The van der Waals surface area contributed by atoms with Crippen molar-refractivity contribution < 1.29 is 18.7 Å². The van der Waals surface area contributed by atoms with Crippen LogP contribution in [-0.4, -0.2) is 33.1 Å². The minimum atomic E-state index is -0.417. The molecular formula is C26H28N4O4S. The third-order valence-electron chi connectivity index (χ3n) is 5.78. The number of nitrogens with one attached hydrogen (secondary N) is 1. The lowest BCUT2D eigenvalue weighted by molar-refractivity contribution is -0.118. The molecule has 8 nitrogen and oxygen atoms in total. The number of rotatable bonds is 12. The lowest BCUT2D eigenvalue weighted by Gasteiger charge is -2.15. The molecular weight excluding hydrogens is 464 g/mol. The average Bonchev–Trinajstić information content (AvgIpc) is 3.59. The van der Waals surface area contributed by atoms with Gasteiger partial charge >= 0.3 is 0 Å². The molecule has 0 unspecified atom stereocenters. The predicted molar refractivity (Wildman–Crippen MR) is 134 cm³/mol. The van der Waals surface area contributed by atoms with Gasteiger partial charge in [-0.15, -0.1) is 0 Å². The van der Waals surface area contributed by atoms with E-state index in [0.29, 0.717) is 47.2 Å². The van der Waals surface area contributed by atoms with Gasteiger partial charge in [0.25, 0.3) is 5.91 Å². The van der Waals surface area contributed by atoms with E-state index in [1.807, 2.05) is 37.3 Å². The maximum atomic E-state index is 12.7. The van der Waals surface area contributed by atoms with Gasteiger partial charge in [0.1, 0.15) is 16.7 Å². The number of carbonyl (C=O) groups excluding carboxylic acids is 2. The molecule has 9 heteroatoms. The van der Waals surface area contributed by atoms with Crippen LogP contribution in [0, 0.1) is 0 Å². The second kappa shape index (κ2) is 11.7. The fourth-order valence-electron chi connectivity index (χ4n) is 3.85. The molecule has 0 saturated heterocycles. The van der Waals surface area contributed by atoms with Gasteiger partial charge < -0.3 is 14.5 Å². The van der Waals surface area contributed by atoms with Crippen LogP contribution in [0.25, 0.3) is 22.2 Å². The van der Waals surface area contributed by atoms with E-state index < -0.39 is 6.04 Å². The van der Waals surface area contributed by atoms with Crippen LogP contribution in [-0.2, 0) is 4.79 Å². The highest BCUT2D eigenvalue weighted by Gasteiger charge is 2.23. The van der Waals surface area contributed by atoms with Crippen molar-refractivity contribution in [3.63, 3.8) is 0 Å².